The van der Waals surface area contributed by atoms with E-state index in [2.05, 4.69) is 5.16 Å². The first-order chi connectivity index (χ1) is 5.83. The number of hydrogen-bond donors (Lipinski definition) is 1. The average Bonchev–Trinajstić information content (AvgIpc) is 2.06. The van der Waals surface area contributed by atoms with E-state index in [1.54, 1.807) is 4.90 Å². The van der Waals surface area contributed by atoms with E-state index < -0.39 is 0 Å². The minimum Gasteiger partial charge on any atom is -0.410 e. The lowest BCUT2D eigenvalue weighted by Gasteiger charge is -2.11. The molecule has 1 aromatic rings. The molecular weight excluding hydrogens is 152 g/mol. The highest BCUT2D eigenvalue weighted by Crippen LogP contribution is 2.00. The quantitative estimate of drug-likeness (QED) is 0.318. The summed E-state index contributed by atoms with van der Waals surface area (Å²) in [5, 5.41) is 11.2. The van der Waals surface area contributed by atoms with E-state index in [0.717, 1.165) is 6.54 Å². The highest BCUT2D eigenvalue weighted by molar-refractivity contribution is 5.53. The van der Waals surface area contributed by atoms with Crippen molar-refractivity contribution in [2.24, 2.45) is 5.16 Å². The zero-order chi connectivity index (χ0) is 8.81. The van der Waals surface area contributed by atoms with Gasteiger partial charge in [0.05, 0.1) is 0 Å². The van der Waals surface area contributed by atoms with Crippen LogP contribution in [0.15, 0.2) is 35.5 Å². The number of rotatable bonds is 3. The fraction of sp³-hybridized carbons (Fsp3) is 0.222. The minimum atomic E-state index is 0.755. The molecule has 0 atom stereocenters. The fourth-order valence-corrected chi connectivity index (χ4v) is 1.00. The predicted octanol–water partition coefficient (Wildman–Crippen LogP) is 1.54. The molecule has 3 heteroatoms. The maximum absolute atomic E-state index is 8.24. The normalized spacial score (nSPS) is 10.4. The zero-order valence-corrected chi connectivity index (χ0v) is 7.01. The molecule has 0 saturated carbocycles. The van der Waals surface area contributed by atoms with Crippen molar-refractivity contribution in [1.82, 2.24) is 4.90 Å². The van der Waals surface area contributed by atoms with Crippen molar-refractivity contribution >= 4 is 6.34 Å². The molecule has 12 heavy (non-hydrogen) atoms. The molecule has 1 aromatic carbocycles. The van der Waals surface area contributed by atoms with Gasteiger partial charge in [-0.25, -0.2) is 0 Å². The van der Waals surface area contributed by atoms with Gasteiger partial charge in [0.15, 0.2) is 0 Å². The molecule has 0 saturated heterocycles. The summed E-state index contributed by atoms with van der Waals surface area (Å²) >= 11 is 0. The Labute approximate surface area is 71.9 Å². The Morgan fingerprint density at radius 2 is 2.08 bits per heavy atom. The lowest BCUT2D eigenvalue weighted by molar-refractivity contribution is 0.310. The first kappa shape index (κ1) is 8.59. The molecule has 0 aliphatic rings. The van der Waals surface area contributed by atoms with Gasteiger partial charge in [0.25, 0.3) is 0 Å². The molecule has 0 aliphatic heterocycles. The van der Waals surface area contributed by atoms with Crippen LogP contribution in [0.25, 0.3) is 0 Å². The Bertz CT molecular complexity index is 246. The van der Waals surface area contributed by atoms with Crippen LogP contribution in [0.2, 0.25) is 0 Å². The maximum atomic E-state index is 8.24. The summed E-state index contributed by atoms with van der Waals surface area (Å²) in [4.78, 5) is 1.80. The van der Waals surface area contributed by atoms with Gasteiger partial charge in [0.2, 0.25) is 0 Å². The summed E-state index contributed by atoms with van der Waals surface area (Å²) < 4.78 is 0. The number of nitrogens with zero attached hydrogens (tertiary/aromatic N) is 2. The van der Waals surface area contributed by atoms with E-state index in [1.165, 1.54) is 11.9 Å². The molecule has 1 N–H and O–H groups in total. The first-order valence-corrected chi connectivity index (χ1v) is 3.74. The van der Waals surface area contributed by atoms with Gasteiger partial charge in [0, 0.05) is 13.6 Å². The monoisotopic (exact) mass is 164 g/mol. The summed E-state index contributed by atoms with van der Waals surface area (Å²) in [6, 6.07) is 10.0. The molecule has 0 fully saturated rings. The van der Waals surface area contributed by atoms with E-state index >= 15 is 0 Å². The van der Waals surface area contributed by atoms with Crippen LogP contribution < -0.4 is 0 Å². The largest absolute Gasteiger partial charge is 0.410 e. The molecule has 0 heterocycles. The smallest absolute Gasteiger partial charge is 0.130 e. The summed E-state index contributed by atoms with van der Waals surface area (Å²) in [7, 11) is 1.85. The van der Waals surface area contributed by atoms with E-state index in [1.807, 2.05) is 37.4 Å². The van der Waals surface area contributed by atoms with Gasteiger partial charge in [-0.2, -0.15) is 0 Å². The predicted molar refractivity (Wildman–Crippen MR) is 48.2 cm³/mol. The molecule has 0 amide bonds. The van der Waals surface area contributed by atoms with E-state index in [9.17, 15) is 0 Å². The van der Waals surface area contributed by atoms with Crippen molar-refractivity contribution in [3.8, 4) is 0 Å². The Kier molecular flexibility index (Phi) is 3.14. The topological polar surface area (TPSA) is 35.8 Å². The maximum Gasteiger partial charge on any atom is 0.130 e. The third-order valence-electron chi connectivity index (χ3n) is 1.52. The van der Waals surface area contributed by atoms with Gasteiger partial charge in [-0.15, -0.1) is 0 Å². The molecule has 0 spiro atoms. The molecule has 0 aromatic heterocycles. The van der Waals surface area contributed by atoms with Crippen LogP contribution in [-0.2, 0) is 6.54 Å². The summed E-state index contributed by atoms with van der Waals surface area (Å²) in [5.41, 5.74) is 1.19. The highest BCUT2D eigenvalue weighted by Gasteiger charge is 1.93. The van der Waals surface area contributed by atoms with Crippen molar-refractivity contribution in [1.29, 1.82) is 0 Å². The second kappa shape index (κ2) is 4.38. The second-order valence-corrected chi connectivity index (χ2v) is 2.63. The van der Waals surface area contributed by atoms with Crippen LogP contribution in [-0.4, -0.2) is 23.5 Å². The van der Waals surface area contributed by atoms with Crippen LogP contribution in [0.5, 0.6) is 0 Å². The highest BCUT2D eigenvalue weighted by atomic mass is 16.4. The standard InChI is InChI=1S/C9H12N2O/c1-11(8-10-12)7-9-5-3-2-4-6-9/h2-6,8,12H,7H2,1H3. The first-order valence-electron chi connectivity index (χ1n) is 3.74. The minimum absolute atomic E-state index is 0.755. The van der Waals surface area contributed by atoms with Crippen molar-refractivity contribution in [3.63, 3.8) is 0 Å². The van der Waals surface area contributed by atoms with E-state index in [0.29, 0.717) is 0 Å². The number of benzene rings is 1. The average molecular weight is 164 g/mol. The Morgan fingerprint density at radius 1 is 1.42 bits per heavy atom. The van der Waals surface area contributed by atoms with Gasteiger partial charge in [-0.1, -0.05) is 35.5 Å². The molecule has 0 unspecified atom stereocenters. The lowest BCUT2D eigenvalue weighted by atomic mass is 10.2. The molecule has 0 aliphatic carbocycles. The second-order valence-electron chi connectivity index (χ2n) is 2.63. The molecule has 64 valence electrons. The van der Waals surface area contributed by atoms with Crippen LogP contribution in [0.3, 0.4) is 0 Å². The van der Waals surface area contributed by atoms with Crippen molar-refractivity contribution in [2.45, 2.75) is 6.54 Å². The van der Waals surface area contributed by atoms with Crippen LogP contribution in [0.4, 0.5) is 0 Å². The van der Waals surface area contributed by atoms with Crippen molar-refractivity contribution in [3.05, 3.63) is 35.9 Å². The summed E-state index contributed by atoms with van der Waals surface area (Å²) in [6.45, 7) is 0.755. The van der Waals surface area contributed by atoms with Crippen molar-refractivity contribution in [2.75, 3.05) is 7.05 Å². The van der Waals surface area contributed by atoms with Gasteiger partial charge in [-0.3, -0.25) is 0 Å². The molecule has 0 bridgehead atoms. The molecule has 3 nitrogen and oxygen atoms in total. The van der Waals surface area contributed by atoms with E-state index in [4.69, 9.17) is 5.21 Å². The van der Waals surface area contributed by atoms with E-state index in [-0.39, 0.29) is 0 Å². The Balaban J connectivity index is 2.52. The van der Waals surface area contributed by atoms with Crippen molar-refractivity contribution < 1.29 is 5.21 Å². The molecule has 0 radical (unpaired) electrons. The Morgan fingerprint density at radius 3 is 2.67 bits per heavy atom. The Hall–Kier alpha value is -1.51. The van der Waals surface area contributed by atoms with Crippen LogP contribution in [0, 0.1) is 0 Å². The molecule has 1 rings (SSSR count). The fourth-order valence-electron chi connectivity index (χ4n) is 1.00. The third-order valence-corrected chi connectivity index (χ3v) is 1.52. The van der Waals surface area contributed by atoms with Gasteiger partial charge in [0.1, 0.15) is 6.34 Å². The SMILES string of the molecule is CN(C=NO)Cc1ccccc1. The molecular formula is C9H12N2O. The third kappa shape index (κ3) is 2.62. The zero-order valence-electron chi connectivity index (χ0n) is 7.01. The van der Waals surface area contributed by atoms with Gasteiger partial charge in [-0.05, 0) is 5.56 Å². The van der Waals surface area contributed by atoms with Crippen LogP contribution >= 0.6 is 0 Å². The number of hydrogen-bond acceptors (Lipinski definition) is 2. The summed E-state index contributed by atoms with van der Waals surface area (Å²) in [6.07, 6.45) is 1.38. The van der Waals surface area contributed by atoms with Gasteiger partial charge >= 0.3 is 0 Å². The summed E-state index contributed by atoms with van der Waals surface area (Å²) in [5.74, 6) is 0. The lowest BCUT2D eigenvalue weighted by Crippen LogP contribution is -2.14. The van der Waals surface area contributed by atoms with Crippen LogP contribution in [0.1, 0.15) is 5.56 Å². The number of oxime groups is 1. The van der Waals surface area contributed by atoms with Gasteiger partial charge < -0.3 is 10.1 Å².